The number of oxazole rings is 2. The van der Waals surface area contributed by atoms with Crippen LogP contribution in [-0.4, -0.2) is 19.9 Å². The van der Waals surface area contributed by atoms with Gasteiger partial charge in [-0.05, 0) is 99.0 Å². The Kier molecular flexibility index (Phi) is 9.95. The van der Waals surface area contributed by atoms with Crippen LogP contribution in [0.25, 0.3) is 123 Å². The van der Waals surface area contributed by atoms with E-state index in [0.717, 1.165) is 111 Å². The highest BCUT2D eigenvalue weighted by Crippen LogP contribution is 2.45. The summed E-state index contributed by atoms with van der Waals surface area (Å²) in [5, 5.41) is 0. The maximum Gasteiger partial charge on any atom is 0.227 e. The number of hydrogen-bond acceptors (Lipinski definition) is 6. The van der Waals surface area contributed by atoms with Crippen LogP contribution in [0.5, 0.6) is 0 Å². The van der Waals surface area contributed by atoms with Gasteiger partial charge in [0.25, 0.3) is 0 Å². The second-order valence-corrected chi connectivity index (χ2v) is 18.2. The molecule has 68 heavy (non-hydrogen) atoms. The molecule has 0 saturated carbocycles. The summed E-state index contributed by atoms with van der Waals surface area (Å²) < 4.78 is 12.1. The number of rotatable bonds is 8. The number of nitrogens with zero attached hydrogens (tertiary/aromatic N) is 4. The molecule has 0 amide bonds. The zero-order valence-corrected chi connectivity index (χ0v) is 37.8. The first kappa shape index (κ1) is 40.7. The molecule has 0 unspecified atom stereocenters. The summed E-state index contributed by atoms with van der Waals surface area (Å²) in [6, 6.07) is 73.4. The van der Waals surface area contributed by atoms with Crippen molar-refractivity contribution in [3.8, 4) is 89.9 Å². The van der Waals surface area contributed by atoms with E-state index < -0.39 is 0 Å². The van der Waals surface area contributed by atoms with E-state index in [9.17, 15) is 0 Å². The van der Waals surface area contributed by atoms with Gasteiger partial charge in [0.1, 0.15) is 11.0 Å². The molecule has 12 rings (SSSR count). The van der Waals surface area contributed by atoms with Crippen LogP contribution in [0.4, 0.5) is 0 Å². The second-order valence-electron chi connectivity index (χ2n) is 18.2. The molecule has 0 saturated heterocycles. The number of hydrogen-bond donors (Lipinski definition) is 0. The molecule has 0 atom stereocenters. The van der Waals surface area contributed by atoms with Gasteiger partial charge in [-0.1, -0.05) is 178 Å². The average Bonchev–Trinajstić information content (AvgIpc) is 4.04. The third-order valence-electron chi connectivity index (χ3n) is 12.7. The van der Waals surface area contributed by atoms with E-state index in [2.05, 4.69) is 185 Å². The molecule has 3 aromatic heterocycles. The van der Waals surface area contributed by atoms with Crippen LogP contribution in [0, 0.1) is 0 Å². The molecule has 0 radical (unpaired) electrons. The molecule has 0 aliphatic heterocycles. The van der Waals surface area contributed by atoms with Crippen molar-refractivity contribution < 1.29 is 8.83 Å². The van der Waals surface area contributed by atoms with Gasteiger partial charge in [-0.2, -0.15) is 0 Å². The third kappa shape index (κ3) is 7.52. The van der Waals surface area contributed by atoms with Crippen LogP contribution in [0.1, 0.15) is 26.3 Å². The Morgan fingerprint density at radius 3 is 1.12 bits per heavy atom. The summed E-state index contributed by atoms with van der Waals surface area (Å²) in [5.41, 5.74) is 20.1. The molecular formula is C62H44N4O2. The molecule has 0 spiro atoms. The van der Waals surface area contributed by atoms with Gasteiger partial charge >= 0.3 is 0 Å². The minimum atomic E-state index is -0.197. The monoisotopic (exact) mass is 876 g/mol. The Balaban J connectivity index is 0.987. The molecule has 3 heterocycles. The third-order valence-corrected chi connectivity index (χ3v) is 12.7. The Morgan fingerprint density at radius 2 is 0.691 bits per heavy atom. The smallest absolute Gasteiger partial charge is 0.227 e. The topological polar surface area (TPSA) is 77.8 Å². The summed E-state index contributed by atoms with van der Waals surface area (Å²) >= 11 is 0. The molecular weight excluding hydrogens is 833 g/mol. The van der Waals surface area contributed by atoms with Crippen molar-refractivity contribution in [2.45, 2.75) is 26.2 Å². The van der Waals surface area contributed by atoms with Gasteiger partial charge in [0.05, 0.1) is 22.4 Å². The van der Waals surface area contributed by atoms with Gasteiger partial charge < -0.3 is 8.83 Å². The molecule has 6 heteroatoms. The van der Waals surface area contributed by atoms with E-state index in [1.807, 2.05) is 48.5 Å². The second kappa shape index (κ2) is 16.6. The summed E-state index contributed by atoms with van der Waals surface area (Å²) in [6.07, 6.45) is 0. The van der Waals surface area contributed by atoms with Crippen LogP contribution in [-0.2, 0) is 5.41 Å². The summed E-state index contributed by atoms with van der Waals surface area (Å²) in [6.45, 7) is 6.84. The molecule has 12 aromatic rings. The predicted molar refractivity (Wildman–Crippen MR) is 277 cm³/mol. The zero-order valence-electron chi connectivity index (χ0n) is 37.8. The summed E-state index contributed by atoms with van der Waals surface area (Å²) in [5.74, 6) is 1.22. The van der Waals surface area contributed by atoms with Gasteiger partial charge in [-0.25, -0.2) is 19.9 Å². The Hall–Kier alpha value is -8.74. The van der Waals surface area contributed by atoms with E-state index in [4.69, 9.17) is 28.8 Å². The predicted octanol–water partition coefficient (Wildman–Crippen LogP) is 16.5. The van der Waals surface area contributed by atoms with Crippen LogP contribution >= 0.6 is 0 Å². The quantitative estimate of drug-likeness (QED) is 0.151. The molecule has 324 valence electrons. The standard InChI is InChI=1S/C62H44N4O2/c1-62(2,3)50-38-49(43-14-6-4-7-15-43)58-59(55(50)44-16-8-5-9-17-44)66-57(46-32-24-40(25-33-46)42-28-36-48(37-29-42)61-64-52-19-11-13-21-54(52)68-61)56(65-58)45-30-22-39(23-31-45)41-26-34-47(35-27-41)60-63-51-18-10-12-20-53(51)67-60/h4-38H,1-3H3. The number of fused-ring (bicyclic) bond motifs is 3. The van der Waals surface area contributed by atoms with E-state index >= 15 is 0 Å². The van der Waals surface area contributed by atoms with E-state index in [-0.39, 0.29) is 5.41 Å². The van der Waals surface area contributed by atoms with E-state index in [1.54, 1.807) is 0 Å². The SMILES string of the molecule is CC(C)(C)c1cc(-c2ccccc2)c2nc(-c3ccc(-c4ccc(-c5nc6ccccc6o5)cc4)cc3)c(-c3ccc(-c4ccc(-c5nc6ccccc6o5)cc4)cc3)nc2c1-c1ccccc1. The largest absolute Gasteiger partial charge is 0.436 e. The van der Waals surface area contributed by atoms with Crippen LogP contribution in [0.15, 0.2) is 221 Å². The normalized spacial score (nSPS) is 11.8. The van der Waals surface area contributed by atoms with Gasteiger partial charge in [0.15, 0.2) is 11.2 Å². The first-order chi connectivity index (χ1) is 33.3. The number of para-hydroxylation sites is 4. The van der Waals surface area contributed by atoms with E-state index in [0.29, 0.717) is 11.8 Å². The van der Waals surface area contributed by atoms with Crippen molar-refractivity contribution >= 4 is 33.2 Å². The molecule has 9 aromatic carbocycles. The lowest BCUT2D eigenvalue weighted by molar-refractivity contribution is 0.593. The Labute approximate surface area is 394 Å². The maximum absolute atomic E-state index is 6.07. The van der Waals surface area contributed by atoms with Crippen LogP contribution in [0.2, 0.25) is 0 Å². The van der Waals surface area contributed by atoms with Gasteiger partial charge in [-0.15, -0.1) is 0 Å². The zero-order chi connectivity index (χ0) is 45.8. The first-order valence-corrected chi connectivity index (χ1v) is 22.9. The van der Waals surface area contributed by atoms with Crippen molar-refractivity contribution in [1.82, 2.24) is 19.9 Å². The van der Waals surface area contributed by atoms with Gasteiger partial charge in [0.2, 0.25) is 11.8 Å². The van der Waals surface area contributed by atoms with Crippen molar-refractivity contribution in [1.29, 1.82) is 0 Å². The fourth-order valence-electron chi connectivity index (χ4n) is 9.18. The van der Waals surface area contributed by atoms with Crippen molar-refractivity contribution in [3.05, 3.63) is 218 Å². The molecule has 0 N–H and O–H groups in total. The fourth-order valence-corrected chi connectivity index (χ4v) is 9.18. The van der Waals surface area contributed by atoms with Gasteiger partial charge in [0, 0.05) is 33.4 Å². The number of aromatic nitrogens is 4. The highest BCUT2D eigenvalue weighted by Gasteiger charge is 2.27. The minimum absolute atomic E-state index is 0.197. The fraction of sp³-hybridized carbons (Fsp3) is 0.0645. The van der Waals surface area contributed by atoms with Crippen molar-refractivity contribution in [3.63, 3.8) is 0 Å². The lowest BCUT2D eigenvalue weighted by Gasteiger charge is -2.26. The summed E-state index contributed by atoms with van der Waals surface area (Å²) in [7, 11) is 0. The lowest BCUT2D eigenvalue weighted by atomic mass is 9.79. The highest BCUT2D eigenvalue weighted by molar-refractivity contribution is 6.05. The van der Waals surface area contributed by atoms with E-state index in [1.165, 1.54) is 5.56 Å². The molecule has 0 fully saturated rings. The first-order valence-electron chi connectivity index (χ1n) is 22.9. The average molecular weight is 877 g/mol. The van der Waals surface area contributed by atoms with Gasteiger partial charge in [-0.3, -0.25) is 0 Å². The highest BCUT2D eigenvalue weighted by atomic mass is 16.4. The molecule has 0 aliphatic carbocycles. The molecule has 6 nitrogen and oxygen atoms in total. The van der Waals surface area contributed by atoms with Crippen LogP contribution in [0.3, 0.4) is 0 Å². The Morgan fingerprint density at radius 1 is 0.324 bits per heavy atom. The summed E-state index contributed by atoms with van der Waals surface area (Å²) in [4.78, 5) is 20.9. The molecule has 0 aliphatic rings. The lowest BCUT2D eigenvalue weighted by Crippen LogP contribution is -2.14. The maximum atomic E-state index is 6.07. The number of benzene rings is 9. The molecule has 0 bridgehead atoms. The van der Waals surface area contributed by atoms with Crippen LogP contribution < -0.4 is 0 Å². The van der Waals surface area contributed by atoms with Crippen molar-refractivity contribution in [2.24, 2.45) is 0 Å². The minimum Gasteiger partial charge on any atom is -0.436 e. The van der Waals surface area contributed by atoms with Crippen molar-refractivity contribution in [2.75, 3.05) is 0 Å². The Bertz CT molecular complexity index is 3710.